The third-order valence-corrected chi connectivity index (χ3v) is 5.07. The van der Waals surface area contributed by atoms with Crippen molar-refractivity contribution in [3.05, 3.63) is 47.9 Å². The lowest BCUT2D eigenvalue weighted by molar-refractivity contribution is 0.134. The molecule has 1 aromatic heterocycles. The first kappa shape index (κ1) is 20.6. The molecule has 0 atom stereocenters. The number of benzene rings is 1. The van der Waals surface area contributed by atoms with Gasteiger partial charge in [0.15, 0.2) is 0 Å². The normalized spacial score (nSPS) is 19.1. The van der Waals surface area contributed by atoms with E-state index in [0.717, 1.165) is 31.4 Å². The van der Waals surface area contributed by atoms with E-state index in [4.69, 9.17) is 10.00 Å². The number of rotatable bonds is 4. The van der Waals surface area contributed by atoms with Crippen molar-refractivity contribution in [3.63, 3.8) is 0 Å². The standard InChI is InChI=1S/C22H27N5O2/c1-22(2,3)15-4-6-16(7-5-15)26-21(28)27-17-8-10-18(11-9-17)29-20-19(14-23)24-12-13-25-20/h4-7,12-13,17-18H,8-11H2,1-3H3,(H2,26,27,28). The Morgan fingerprint density at radius 1 is 1.10 bits per heavy atom. The van der Waals surface area contributed by atoms with Crippen LogP contribution < -0.4 is 15.4 Å². The number of anilines is 1. The van der Waals surface area contributed by atoms with Gasteiger partial charge in [-0.3, -0.25) is 0 Å². The van der Waals surface area contributed by atoms with Crippen molar-refractivity contribution in [2.75, 3.05) is 5.32 Å². The first-order chi connectivity index (χ1) is 13.8. The van der Waals surface area contributed by atoms with Crippen LogP contribution in [0.25, 0.3) is 0 Å². The third kappa shape index (κ3) is 5.67. The van der Waals surface area contributed by atoms with Gasteiger partial charge in [-0.2, -0.15) is 5.26 Å². The van der Waals surface area contributed by atoms with Gasteiger partial charge in [0.2, 0.25) is 5.69 Å². The Morgan fingerprint density at radius 2 is 1.76 bits per heavy atom. The Balaban J connectivity index is 1.45. The zero-order valence-corrected chi connectivity index (χ0v) is 17.1. The van der Waals surface area contributed by atoms with E-state index >= 15 is 0 Å². The van der Waals surface area contributed by atoms with E-state index in [-0.39, 0.29) is 35.2 Å². The molecule has 1 heterocycles. The number of hydrogen-bond acceptors (Lipinski definition) is 5. The van der Waals surface area contributed by atoms with Gasteiger partial charge in [-0.25, -0.2) is 14.8 Å². The van der Waals surface area contributed by atoms with E-state index in [1.165, 1.54) is 18.0 Å². The smallest absolute Gasteiger partial charge is 0.319 e. The number of hydrogen-bond donors (Lipinski definition) is 2. The van der Waals surface area contributed by atoms with Gasteiger partial charge in [-0.05, 0) is 48.8 Å². The van der Waals surface area contributed by atoms with Gasteiger partial charge in [-0.1, -0.05) is 32.9 Å². The number of aromatic nitrogens is 2. The first-order valence-corrected chi connectivity index (χ1v) is 9.91. The summed E-state index contributed by atoms with van der Waals surface area (Å²) in [5.41, 5.74) is 2.29. The van der Waals surface area contributed by atoms with Crippen LogP contribution in [0.2, 0.25) is 0 Å². The topological polar surface area (TPSA) is 99.9 Å². The Labute approximate surface area is 171 Å². The molecule has 0 bridgehead atoms. The molecule has 0 unspecified atom stereocenters. The van der Waals surface area contributed by atoms with Gasteiger partial charge >= 0.3 is 6.03 Å². The van der Waals surface area contributed by atoms with Crippen molar-refractivity contribution in [1.82, 2.24) is 15.3 Å². The molecule has 1 aromatic carbocycles. The Kier molecular flexibility index (Phi) is 6.32. The maximum atomic E-state index is 12.3. The molecular formula is C22H27N5O2. The summed E-state index contributed by atoms with van der Waals surface area (Å²) in [5, 5.41) is 15.0. The van der Waals surface area contributed by atoms with Crippen LogP contribution in [0.5, 0.6) is 5.88 Å². The van der Waals surface area contributed by atoms with E-state index in [9.17, 15) is 4.79 Å². The second-order valence-electron chi connectivity index (χ2n) is 8.34. The van der Waals surface area contributed by atoms with Crippen molar-refractivity contribution < 1.29 is 9.53 Å². The van der Waals surface area contributed by atoms with Gasteiger partial charge in [0.1, 0.15) is 12.2 Å². The van der Waals surface area contributed by atoms with E-state index in [2.05, 4.69) is 41.4 Å². The highest BCUT2D eigenvalue weighted by atomic mass is 16.5. The summed E-state index contributed by atoms with van der Waals surface area (Å²) in [7, 11) is 0. The van der Waals surface area contributed by atoms with Crippen molar-refractivity contribution in [2.24, 2.45) is 0 Å². The van der Waals surface area contributed by atoms with Crippen LogP contribution in [0.3, 0.4) is 0 Å². The molecule has 0 aliphatic heterocycles. The number of nitrogens with one attached hydrogen (secondary N) is 2. The number of nitrogens with zero attached hydrogens (tertiary/aromatic N) is 3. The van der Waals surface area contributed by atoms with E-state index in [1.54, 1.807) is 0 Å². The molecule has 152 valence electrons. The van der Waals surface area contributed by atoms with Gasteiger partial charge in [0, 0.05) is 24.1 Å². The molecule has 1 aliphatic carbocycles. The van der Waals surface area contributed by atoms with Crippen LogP contribution in [0.4, 0.5) is 10.5 Å². The predicted octanol–water partition coefficient (Wildman–Crippen LogP) is 4.16. The second kappa shape index (κ2) is 8.91. The highest BCUT2D eigenvalue weighted by Gasteiger charge is 2.25. The van der Waals surface area contributed by atoms with Crippen LogP contribution in [-0.4, -0.2) is 28.1 Å². The minimum absolute atomic E-state index is 0.0233. The molecule has 2 amide bonds. The molecule has 1 saturated carbocycles. The largest absolute Gasteiger partial charge is 0.472 e. The second-order valence-corrected chi connectivity index (χ2v) is 8.34. The monoisotopic (exact) mass is 393 g/mol. The van der Waals surface area contributed by atoms with E-state index in [1.807, 2.05) is 30.3 Å². The minimum Gasteiger partial charge on any atom is -0.472 e. The summed E-state index contributed by atoms with van der Waals surface area (Å²) >= 11 is 0. The maximum Gasteiger partial charge on any atom is 0.319 e. The van der Waals surface area contributed by atoms with Crippen LogP contribution in [0.1, 0.15) is 57.7 Å². The Bertz CT molecular complexity index is 875. The van der Waals surface area contributed by atoms with Crippen molar-refractivity contribution >= 4 is 11.7 Å². The molecule has 2 N–H and O–H groups in total. The predicted molar refractivity (Wildman–Crippen MR) is 111 cm³/mol. The fraction of sp³-hybridized carbons (Fsp3) is 0.455. The average Bonchev–Trinajstić information content (AvgIpc) is 2.69. The Hall–Kier alpha value is -3.14. The van der Waals surface area contributed by atoms with Gasteiger partial charge in [0.25, 0.3) is 5.88 Å². The molecule has 7 heteroatoms. The van der Waals surface area contributed by atoms with E-state index in [0.29, 0.717) is 0 Å². The molecule has 29 heavy (non-hydrogen) atoms. The molecule has 3 rings (SSSR count). The maximum absolute atomic E-state index is 12.3. The number of carbonyl (C=O) groups is 1. The summed E-state index contributed by atoms with van der Waals surface area (Å²) in [6.45, 7) is 6.48. The van der Waals surface area contributed by atoms with Crippen LogP contribution in [0, 0.1) is 11.3 Å². The number of carbonyl (C=O) groups excluding carboxylic acids is 1. The van der Waals surface area contributed by atoms with Gasteiger partial charge < -0.3 is 15.4 Å². The van der Waals surface area contributed by atoms with Crippen molar-refractivity contribution in [2.45, 2.75) is 64.0 Å². The van der Waals surface area contributed by atoms with E-state index < -0.39 is 0 Å². The molecule has 1 aliphatic rings. The quantitative estimate of drug-likeness (QED) is 0.812. The average molecular weight is 393 g/mol. The van der Waals surface area contributed by atoms with Crippen LogP contribution in [-0.2, 0) is 5.41 Å². The summed E-state index contributed by atoms with van der Waals surface area (Å²) in [4.78, 5) is 20.4. The molecule has 2 aromatic rings. The van der Waals surface area contributed by atoms with Crippen molar-refractivity contribution in [3.8, 4) is 11.9 Å². The Morgan fingerprint density at radius 3 is 2.38 bits per heavy atom. The summed E-state index contributed by atoms with van der Waals surface area (Å²) in [6, 6.07) is 9.84. The molecule has 0 spiro atoms. The highest BCUT2D eigenvalue weighted by Crippen LogP contribution is 2.25. The molecule has 0 radical (unpaired) electrons. The van der Waals surface area contributed by atoms with Crippen LogP contribution in [0.15, 0.2) is 36.7 Å². The number of amides is 2. The number of nitriles is 1. The van der Waals surface area contributed by atoms with Crippen molar-refractivity contribution in [1.29, 1.82) is 5.26 Å². The molecule has 0 saturated heterocycles. The fourth-order valence-corrected chi connectivity index (χ4v) is 3.38. The SMILES string of the molecule is CC(C)(C)c1ccc(NC(=O)NC2CCC(Oc3nccnc3C#N)CC2)cc1. The lowest BCUT2D eigenvalue weighted by atomic mass is 9.87. The van der Waals surface area contributed by atoms with Gasteiger partial charge in [0.05, 0.1) is 0 Å². The molecular weight excluding hydrogens is 366 g/mol. The third-order valence-electron chi connectivity index (χ3n) is 5.07. The summed E-state index contributed by atoms with van der Waals surface area (Å²) < 4.78 is 5.84. The zero-order chi connectivity index (χ0) is 20.9. The lowest BCUT2D eigenvalue weighted by Crippen LogP contribution is -2.41. The minimum atomic E-state index is -0.196. The fourth-order valence-electron chi connectivity index (χ4n) is 3.38. The number of ether oxygens (including phenoxy) is 1. The zero-order valence-electron chi connectivity index (χ0n) is 17.1. The highest BCUT2D eigenvalue weighted by molar-refractivity contribution is 5.89. The summed E-state index contributed by atoms with van der Waals surface area (Å²) in [5.74, 6) is 0.280. The lowest BCUT2D eigenvalue weighted by Gasteiger charge is -2.29. The first-order valence-electron chi connectivity index (χ1n) is 9.91. The van der Waals surface area contributed by atoms with Crippen LogP contribution >= 0.6 is 0 Å². The number of urea groups is 1. The summed E-state index contributed by atoms with van der Waals surface area (Å²) in [6.07, 6.45) is 6.15. The molecule has 7 nitrogen and oxygen atoms in total. The molecule has 1 fully saturated rings. The van der Waals surface area contributed by atoms with Gasteiger partial charge in [-0.15, -0.1) is 0 Å².